The van der Waals surface area contributed by atoms with Crippen LogP contribution in [0.4, 0.5) is 13.2 Å². The molecule has 0 fully saturated rings. The van der Waals surface area contributed by atoms with Crippen LogP contribution in [0.3, 0.4) is 0 Å². The predicted molar refractivity (Wildman–Crippen MR) is 94.8 cm³/mol. The van der Waals surface area contributed by atoms with Crippen molar-refractivity contribution < 1.29 is 13.2 Å². The molecule has 0 spiro atoms. The van der Waals surface area contributed by atoms with Crippen molar-refractivity contribution in [3.8, 4) is 0 Å². The molecule has 23 heavy (non-hydrogen) atoms. The Kier molecular flexibility index (Phi) is 13.0. The van der Waals surface area contributed by atoms with E-state index in [-0.39, 0.29) is 0 Å². The van der Waals surface area contributed by atoms with Gasteiger partial charge in [-0.2, -0.15) is 13.2 Å². The molecule has 0 amide bonds. The largest absolute Gasteiger partial charge is 0.389 e. The van der Waals surface area contributed by atoms with Gasteiger partial charge in [0.1, 0.15) is 0 Å². The molecule has 0 aliphatic rings. The molecule has 140 valence electrons. The topological polar surface area (TPSA) is 0 Å². The van der Waals surface area contributed by atoms with Crippen LogP contribution >= 0.6 is 0 Å². The van der Waals surface area contributed by atoms with Crippen molar-refractivity contribution in [1.82, 2.24) is 0 Å². The van der Waals surface area contributed by atoms with Crippen LogP contribution in [0.2, 0.25) is 0 Å². The molecule has 0 saturated heterocycles. The van der Waals surface area contributed by atoms with E-state index in [4.69, 9.17) is 0 Å². The molecule has 0 aromatic carbocycles. The van der Waals surface area contributed by atoms with Gasteiger partial charge in [-0.15, -0.1) is 0 Å². The number of rotatable bonds is 15. The van der Waals surface area contributed by atoms with E-state index in [1.54, 1.807) is 0 Å². The Morgan fingerprint density at radius 2 is 0.826 bits per heavy atom. The Labute approximate surface area is 142 Å². The molecule has 0 rings (SSSR count). The average molecular weight is 337 g/mol. The molecular weight excluding hydrogens is 297 g/mol. The van der Waals surface area contributed by atoms with Gasteiger partial charge in [0.15, 0.2) is 0 Å². The quantitative estimate of drug-likeness (QED) is 0.263. The standard InChI is InChI=1S/C20H39F3/c1-4-14-19(15-5-2,16-6-3)17-12-10-8-7-9-11-13-18-20(21,22)23/h4-18H2,1-3H3. The Morgan fingerprint density at radius 1 is 0.478 bits per heavy atom. The number of hydrogen-bond acceptors (Lipinski definition) is 0. The maximum atomic E-state index is 12.0. The highest BCUT2D eigenvalue weighted by atomic mass is 19.4. The minimum atomic E-state index is -3.97. The van der Waals surface area contributed by atoms with Crippen LogP contribution in [0.25, 0.3) is 0 Å². The molecular formula is C20H39F3. The van der Waals surface area contributed by atoms with Crippen LogP contribution in [0.15, 0.2) is 0 Å². The summed E-state index contributed by atoms with van der Waals surface area (Å²) in [7, 11) is 0. The van der Waals surface area contributed by atoms with Crippen LogP contribution in [0.1, 0.15) is 117 Å². The normalized spacial score (nSPS) is 12.8. The highest BCUT2D eigenvalue weighted by Crippen LogP contribution is 2.40. The third-order valence-electron chi connectivity index (χ3n) is 5.01. The molecule has 0 N–H and O–H groups in total. The van der Waals surface area contributed by atoms with E-state index in [0.29, 0.717) is 11.8 Å². The van der Waals surface area contributed by atoms with Gasteiger partial charge in [-0.3, -0.25) is 0 Å². The Balaban J connectivity index is 3.77. The molecule has 0 atom stereocenters. The van der Waals surface area contributed by atoms with Crippen LogP contribution in [-0.2, 0) is 0 Å². The van der Waals surface area contributed by atoms with Crippen molar-refractivity contribution in [2.75, 3.05) is 0 Å². The van der Waals surface area contributed by atoms with Crippen molar-refractivity contribution >= 4 is 0 Å². The van der Waals surface area contributed by atoms with E-state index < -0.39 is 12.6 Å². The fourth-order valence-corrected chi connectivity index (χ4v) is 4.05. The molecule has 0 aromatic heterocycles. The van der Waals surface area contributed by atoms with Gasteiger partial charge in [-0.1, -0.05) is 78.6 Å². The first-order chi connectivity index (χ1) is 10.9. The van der Waals surface area contributed by atoms with Crippen molar-refractivity contribution in [3.05, 3.63) is 0 Å². The summed E-state index contributed by atoms with van der Waals surface area (Å²) in [5.41, 5.74) is 0.560. The third-order valence-corrected chi connectivity index (χ3v) is 5.01. The van der Waals surface area contributed by atoms with Crippen LogP contribution < -0.4 is 0 Å². The number of unbranched alkanes of at least 4 members (excludes halogenated alkanes) is 6. The summed E-state index contributed by atoms with van der Waals surface area (Å²) < 4.78 is 36.1. The van der Waals surface area contributed by atoms with E-state index in [1.807, 2.05) is 0 Å². The lowest BCUT2D eigenvalue weighted by atomic mass is 9.72. The minimum Gasteiger partial charge on any atom is -0.171 e. The second-order valence-electron chi connectivity index (χ2n) is 7.34. The molecule has 0 unspecified atom stereocenters. The summed E-state index contributed by atoms with van der Waals surface area (Å²) in [4.78, 5) is 0. The monoisotopic (exact) mass is 336 g/mol. The summed E-state index contributed by atoms with van der Waals surface area (Å²) in [5.74, 6) is 0. The van der Waals surface area contributed by atoms with Crippen LogP contribution in [-0.4, -0.2) is 6.18 Å². The Bertz CT molecular complexity index is 241. The average Bonchev–Trinajstić information content (AvgIpc) is 2.45. The predicted octanol–water partition coefficient (Wildman–Crippen LogP) is 8.45. The van der Waals surface area contributed by atoms with Gasteiger partial charge in [0.05, 0.1) is 0 Å². The van der Waals surface area contributed by atoms with E-state index in [2.05, 4.69) is 20.8 Å². The lowest BCUT2D eigenvalue weighted by Gasteiger charge is -2.34. The van der Waals surface area contributed by atoms with Crippen molar-refractivity contribution in [3.63, 3.8) is 0 Å². The molecule has 0 aliphatic heterocycles. The van der Waals surface area contributed by atoms with Gasteiger partial charge < -0.3 is 0 Å². The second kappa shape index (κ2) is 13.1. The zero-order valence-corrected chi connectivity index (χ0v) is 15.7. The molecule has 0 radical (unpaired) electrons. The first-order valence-corrected chi connectivity index (χ1v) is 9.96. The smallest absolute Gasteiger partial charge is 0.171 e. The number of halogens is 3. The summed E-state index contributed by atoms with van der Waals surface area (Å²) in [6.07, 6.45) is 11.5. The van der Waals surface area contributed by atoms with Gasteiger partial charge in [-0.05, 0) is 37.5 Å². The van der Waals surface area contributed by atoms with E-state index >= 15 is 0 Å². The molecule has 0 nitrogen and oxygen atoms in total. The molecule has 3 heteroatoms. The molecule has 0 aliphatic carbocycles. The van der Waals surface area contributed by atoms with Gasteiger partial charge in [0, 0.05) is 6.42 Å². The fraction of sp³-hybridized carbons (Fsp3) is 1.00. The molecule has 0 aromatic rings. The Hall–Kier alpha value is -0.210. The van der Waals surface area contributed by atoms with Crippen LogP contribution in [0, 0.1) is 5.41 Å². The van der Waals surface area contributed by atoms with E-state index in [1.165, 1.54) is 64.2 Å². The molecule has 0 heterocycles. The zero-order chi connectivity index (χ0) is 17.6. The van der Waals surface area contributed by atoms with Crippen molar-refractivity contribution in [1.29, 1.82) is 0 Å². The number of hydrogen-bond donors (Lipinski definition) is 0. The van der Waals surface area contributed by atoms with Gasteiger partial charge in [0.25, 0.3) is 0 Å². The highest BCUT2D eigenvalue weighted by Gasteiger charge is 2.27. The second-order valence-corrected chi connectivity index (χ2v) is 7.34. The first-order valence-electron chi connectivity index (χ1n) is 9.96. The van der Waals surface area contributed by atoms with Crippen molar-refractivity contribution in [2.45, 2.75) is 123 Å². The summed E-state index contributed by atoms with van der Waals surface area (Å²) in [6.45, 7) is 6.88. The highest BCUT2D eigenvalue weighted by molar-refractivity contribution is 4.78. The maximum Gasteiger partial charge on any atom is 0.389 e. The molecule has 0 saturated carbocycles. The van der Waals surface area contributed by atoms with Gasteiger partial charge in [0.2, 0.25) is 0 Å². The molecule has 0 bridgehead atoms. The fourth-order valence-electron chi connectivity index (χ4n) is 4.05. The summed E-state index contributed by atoms with van der Waals surface area (Å²) in [6, 6.07) is 0. The van der Waals surface area contributed by atoms with Gasteiger partial charge in [-0.25, -0.2) is 0 Å². The van der Waals surface area contributed by atoms with Gasteiger partial charge >= 0.3 is 6.18 Å². The first kappa shape index (κ1) is 22.8. The van der Waals surface area contributed by atoms with Crippen LogP contribution in [0.5, 0.6) is 0 Å². The lowest BCUT2D eigenvalue weighted by molar-refractivity contribution is -0.135. The third kappa shape index (κ3) is 12.8. The zero-order valence-electron chi connectivity index (χ0n) is 15.7. The number of alkyl halides is 3. The van der Waals surface area contributed by atoms with Crippen molar-refractivity contribution in [2.24, 2.45) is 5.41 Å². The summed E-state index contributed by atoms with van der Waals surface area (Å²) >= 11 is 0. The maximum absolute atomic E-state index is 12.0. The lowest BCUT2D eigenvalue weighted by Crippen LogP contribution is -2.20. The SMILES string of the molecule is CCCC(CCC)(CCC)CCCCCCCCCC(F)(F)F. The summed E-state index contributed by atoms with van der Waals surface area (Å²) in [5, 5.41) is 0. The van der Waals surface area contributed by atoms with E-state index in [9.17, 15) is 13.2 Å². The van der Waals surface area contributed by atoms with E-state index in [0.717, 1.165) is 19.3 Å². The Morgan fingerprint density at radius 3 is 1.17 bits per heavy atom. The minimum absolute atomic E-state index is 0.302.